The number of amides is 2. The second-order valence-corrected chi connectivity index (χ2v) is 13.0. The van der Waals surface area contributed by atoms with Gasteiger partial charge in [0.15, 0.2) is 0 Å². The number of ether oxygens (including phenoxy) is 2. The van der Waals surface area contributed by atoms with E-state index in [4.69, 9.17) is 9.47 Å². The first-order chi connectivity index (χ1) is 19.5. The predicted octanol–water partition coefficient (Wildman–Crippen LogP) is 4.49. The zero-order chi connectivity index (χ0) is 30.1. The van der Waals surface area contributed by atoms with Gasteiger partial charge in [0.1, 0.15) is 11.6 Å². The number of allylic oxidation sites excluding steroid dienone is 1. The maximum atomic E-state index is 14.8. The highest BCUT2D eigenvalue weighted by molar-refractivity contribution is 9.09. The molecule has 2 amide bonds. The van der Waals surface area contributed by atoms with Crippen molar-refractivity contribution in [3.63, 3.8) is 0 Å². The van der Waals surface area contributed by atoms with Gasteiger partial charge in [0.2, 0.25) is 5.91 Å². The third-order valence-corrected chi connectivity index (χ3v) is 9.73. The zero-order valence-electron chi connectivity index (χ0n) is 24.6. The second-order valence-electron chi connectivity index (χ2n) is 11.8. The van der Waals surface area contributed by atoms with Gasteiger partial charge in [-0.05, 0) is 56.6 Å². The number of aliphatic hydroxyl groups excluding tert-OH is 1. The number of carbonyl (C=O) groups is 3. The van der Waals surface area contributed by atoms with E-state index >= 15 is 0 Å². The van der Waals surface area contributed by atoms with Crippen LogP contribution in [0.2, 0.25) is 0 Å². The third-order valence-electron chi connectivity index (χ3n) is 8.88. The number of likely N-dealkylation sites (tertiary alicyclic amines) is 1. The number of hydrogen-bond donors (Lipinski definition) is 1. The maximum Gasteiger partial charge on any atom is 0.312 e. The molecule has 3 saturated heterocycles. The lowest BCUT2D eigenvalue weighted by molar-refractivity contribution is -0.156. The Hall–Kier alpha value is -2.49. The third kappa shape index (κ3) is 5.41. The number of para-hydroxylation sites is 1. The summed E-state index contributed by atoms with van der Waals surface area (Å²) in [5.74, 6) is -3.00. The Morgan fingerprint density at radius 3 is 2.51 bits per heavy atom. The fraction of sp³-hybridized carbons (Fsp3) is 0.594. The molecule has 3 unspecified atom stereocenters. The molecule has 0 radical (unpaired) electrons. The number of anilines is 1. The van der Waals surface area contributed by atoms with Crippen LogP contribution in [0.4, 0.5) is 5.69 Å². The van der Waals surface area contributed by atoms with Gasteiger partial charge in [-0.1, -0.05) is 60.1 Å². The van der Waals surface area contributed by atoms with Crippen molar-refractivity contribution >= 4 is 39.4 Å². The van der Waals surface area contributed by atoms with Crippen LogP contribution >= 0.6 is 15.9 Å². The van der Waals surface area contributed by atoms with Crippen molar-refractivity contribution < 1.29 is 29.0 Å². The lowest BCUT2D eigenvalue weighted by Crippen LogP contribution is -2.60. The molecular weight excluding hydrogens is 588 g/mol. The Labute approximate surface area is 251 Å². The molecule has 8 nitrogen and oxygen atoms in total. The minimum atomic E-state index is -1.24. The number of esters is 1. The van der Waals surface area contributed by atoms with Crippen LogP contribution in [-0.2, 0) is 23.9 Å². The van der Waals surface area contributed by atoms with Crippen LogP contribution in [0.1, 0.15) is 50.7 Å². The van der Waals surface area contributed by atoms with Gasteiger partial charge in [-0.25, -0.2) is 0 Å². The molecule has 4 rings (SSSR count). The van der Waals surface area contributed by atoms with E-state index in [9.17, 15) is 19.5 Å². The lowest BCUT2D eigenvalue weighted by Gasteiger charge is -2.41. The summed E-state index contributed by atoms with van der Waals surface area (Å²) >= 11 is 3.71. The zero-order valence-corrected chi connectivity index (χ0v) is 26.1. The van der Waals surface area contributed by atoms with Gasteiger partial charge in [-0.3, -0.25) is 14.4 Å². The smallest absolute Gasteiger partial charge is 0.312 e. The van der Waals surface area contributed by atoms with Crippen LogP contribution in [0.15, 0.2) is 43.5 Å². The van der Waals surface area contributed by atoms with Gasteiger partial charge in [0, 0.05) is 17.1 Å². The molecule has 3 aliphatic heterocycles. The Bertz CT molecular complexity index is 1170. The molecule has 0 aliphatic carbocycles. The second kappa shape index (κ2) is 12.8. The molecule has 3 aliphatic rings. The molecular formula is C32H43BrN2O6. The summed E-state index contributed by atoms with van der Waals surface area (Å²) in [6, 6.07) is 4.17. The summed E-state index contributed by atoms with van der Waals surface area (Å²) in [5.41, 5.74) is 1.35. The van der Waals surface area contributed by atoms with Gasteiger partial charge in [0.25, 0.3) is 5.91 Å². The number of carbonyl (C=O) groups excluding carboxylic acids is 3. The van der Waals surface area contributed by atoms with Crippen molar-refractivity contribution in [1.29, 1.82) is 0 Å². The van der Waals surface area contributed by atoms with E-state index in [0.717, 1.165) is 29.7 Å². The van der Waals surface area contributed by atoms with Crippen molar-refractivity contribution in [2.24, 2.45) is 17.8 Å². The number of alkyl halides is 1. The van der Waals surface area contributed by atoms with Crippen LogP contribution < -0.4 is 4.90 Å². The number of aliphatic hydroxyl groups is 1. The highest BCUT2D eigenvalue weighted by Gasteiger charge is 2.77. The molecule has 3 fully saturated rings. The predicted molar refractivity (Wildman–Crippen MR) is 162 cm³/mol. The van der Waals surface area contributed by atoms with Gasteiger partial charge >= 0.3 is 5.97 Å². The molecule has 41 heavy (non-hydrogen) atoms. The Balaban J connectivity index is 1.78. The van der Waals surface area contributed by atoms with E-state index in [1.165, 1.54) is 4.90 Å². The van der Waals surface area contributed by atoms with E-state index in [1.54, 1.807) is 11.0 Å². The Kier molecular flexibility index (Phi) is 9.81. The highest BCUT2D eigenvalue weighted by atomic mass is 79.9. The fourth-order valence-corrected chi connectivity index (χ4v) is 8.00. The van der Waals surface area contributed by atoms with Crippen LogP contribution in [0, 0.1) is 31.6 Å². The Morgan fingerprint density at radius 1 is 1.24 bits per heavy atom. The molecule has 1 aromatic rings. The van der Waals surface area contributed by atoms with E-state index in [-0.39, 0.29) is 42.3 Å². The first kappa shape index (κ1) is 31.4. The fourth-order valence-electron chi connectivity index (χ4n) is 7.05. The van der Waals surface area contributed by atoms with Crippen LogP contribution in [0.5, 0.6) is 0 Å². The quantitative estimate of drug-likeness (QED) is 0.149. The van der Waals surface area contributed by atoms with Gasteiger partial charge in [-0.2, -0.15) is 0 Å². The number of unbranched alkanes of at least 4 members (excludes halogenated alkanes) is 2. The van der Waals surface area contributed by atoms with Crippen molar-refractivity contribution in [2.75, 3.05) is 24.7 Å². The summed E-state index contributed by atoms with van der Waals surface area (Å²) in [5, 5.41) is 10.5. The van der Waals surface area contributed by atoms with E-state index < -0.39 is 41.6 Å². The molecule has 7 atom stereocenters. The lowest BCUT2D eigenvalue weighted by atomic mass is 9.70. The molecule has 1 spiro atoms. The van der Waals surface area contributed by atoms with Crippen LogP contribution in [0.3, 0.4) is 0 Å². The molecule has 3 heterocycles. The number of fused-ring (bicyclic) bond motifs is 1. The summed E-state index contributed by atoms with van der Waals surface area (Å²) in [6.07, 6.45) is 5.65. The van der Waals surface area contributed by atoms with E-state index in [2.05, 4.69) is 29.1 Å². The standard InChI is InChI=1S/C32H43BrN2O6/c1-7-9-10-11-16-40-31(39)24-25-29(37)35(23(18-36)19(3)4)28(32(25)17-22(33)27(24)41-32)30(38)34(15-8-2)26-20(5)13-12-14-21(26)6/h7-8,12-14,19,22-25,27-28,36H,1-2,9-11,15-18H2,3-6H3/t22?,23-,24-,25-,27-,28?,32?/m0/s1. The van der Waals surface area contributed by atoms with Crippen molar-refractivity contribution in [2.45, 2.75) is 82.0 Å². The maximum absolute atomic E-state index is 14.8. The van der Waals surface area contributed by atoms with Crippen LogP contribution in [-0.4, -0.2) is 76.2 Å². The van der Waals surface area contributed by atoms with E-state index in [1.807, 2.05) is 52.0 Å². The molecule has 2 bridgehead atoms. The first-order valence-corrected chi connectivity index (χ1v) is 15.5. The highest BCUT2D eigenvalue weighted by Crippen LogP contribution is 2.61. The van der Waals surface area contributed by atoms with Gasteiger partial charge in [0.05, 0.1) is 37.2 Å². The first-order valence-electron chi connectivity index (χ1n) is 14.6. The molecule has 1 N–H and O–H groups in total. The van der Waals surface area contributed by atoms with Crippen molar-refractivity contribution in [3.8, 4) is 0 Å². The average molecular weight is 632 g/mol. The van der Waals surface area contributed by atoms with Gasteiger partial charge in [-0.15, -0.1) is 13.2 Å². The molecule has 0 aromatic heterocycles. The summed E-state index contributed by atoms with van der Waals surface area (Å²) in [4.78, 5) is 45.7. The van der Waals surface area contributed by atoms with Crippen molar-refractivity contribution in [1.82, 2.24) is 4.90 Å². The van der Waals surface area contributed by atoms with Crippen LogP contribution in [0.25, 0.3) is 0 Å². The summed E-state index contributed by atoms with van der Waals surface area (Å²) in [7, 11) is 0. The number of benzene rings is 1. The SMILES string of the molecule is C=CCCCCOC(=O)[C@H]1[C@H]2C(=O)N([C@@H](CO)C(C)C)C(C(=O)N(CC=C)c3c(C)cccc3C)C23CC(Br)[C@@H]1O3. The number of halogens is 1. The summed E-state index contributed by atoms with van der Waals surface area (Å²) < 4.78 is 12.3. The monoisotopic (exact) mass is 630 g/mol. The minimum absolute atomic E-state index is 0.144. The normalized spacial score (nSPS) is 29.0. The largest absolute Gasteiger partial charge is 0.465 e. The number of nitrogens with zero attached hydrogens (tertiary/aromatic N) is 2. The number of rotatable bonds is 13. The van der Waals surface area contributed by atoms with Crippen molar-refractivity contribution in [3.05, 3.63) is 54.6 Å². The number of aryl methyl sites for hydroxylation is 2. The number of hydrogen-bond acceptors (Lipinski definition) is 6. The molecule has 9 heteroatoms. The molecule has 0 saturated carbocycles. The van der Waals surface area contributed by atoms with E-state index in [0.29, 0.717) is 12.8 Å². The Morgan fingerprint density at radius 2 is 1.93 bits per heavy atom. The topological polar surface area (TPSA) is 96.4 Å². The summed E-state index contributed by atoms with van der Waals surface area (Å²) in [6.45, 7) is 15.5. The molecule has 1 aromatic carbocycles. The molecule has 224 valence electrons. The van der Waals surface area contributed by atoms with Gasteiger partial charge < -0.3 is 24.4 Å². The minimum Gasteiger partial charge on any atom is -0.465 e. The average Bonchev–Trinajstić information content (AvgIpc) is 3.51.